The van der Waals surface area contributed by atoms with Crippen molar-refractivity contribution >= 4 is 11.5 Å². The highest BCUT2D eigenvalue weighted by molar-refractivity contribution is 5.47. The number of aromatic nitrogens is 1. The van der Waals surface area contributed by atoms with Crippen LogP contribution in [0, 0.1) is 10.1 Å². The summed E-state index contributed by atoms with van der Waals surface area (Å²) < 4.78 is 5.68. The maximum Gasteiger partial charge on any atom is 0.331 e. The molecule has 0 radical (unpaired) electrons. The lowest BCUT2D eigenvalue weighted by molar-refractivity contribution is -0.386. The van der Waals surface area contributed by atoms with E-state index < -0.39 is 4.92 Å². The number of nitrogens with zero attached hydrogens (tertiary/aromatic N) is 2. The Kier molecular flexibility index (Phi) is 3.96. The predicted molar refractivity (Wildman–Crippen MR) is 67.4 cm³/mol. The van der Waals surface area contributed by atoms with E-state index in [4.69, 9.17) is 10.5 Å². The van der Waals surface area contributed by atoms with Crippen LogP contribution >= 0.6 is 0 Å². The van der Waals surface area contributed by atoms with Gasteiger partial charge in [0.1, 0.15) is 11.9 Å². The molecule has 1 aliphatic carbocycles. The molecule has 0 atom stereocenters. The molecule has 6 nitrogen and oxygen atoms in total. The summed E-state index contributed by atoms with van der Waals surface area (Å²) in [5, 5.41) is 10.9. The highest BCUT2D eigenvalue weighted by Gasteiger charge is 2.22. The van der Waals surface area contributed by atoms with Gasteiger partial charge >= 0.3 is 5.69 Å². The van der Waals surface area contributed by atoms with Crippen LogP contribution < -0.4 is 10.5 Å². The van der Waals surface area contributed by atoms with E-state index in [1.54, 1.807) is 0 Å². The number of ether oxygens (including phenoxy) is 1. The minimum atomic E-state index is -0.488. The van der Waals surface area contributed by atoms with Crippen LogP contribution in [0.25, 0.3) is 0 Å². The molecule has 0 aromatic carbocycles. The third-order valence-electron chi connectivity index (χ3n) is 3.14. The summed E-state index contributed by atoms with van der Waals surface area (Å²) in [6.45, 7) is 0. The molecular formula is C12H17N3O3. The lowest BCUT2D eigenvalue weighted by Crippen LogP contribution is -2.17. The Balaban J connectivity index is 2.15. The third-order valence-corrected chi connectivity index (χ3v) is 3.14. The SMILES string of the molecule is Nc1ccc([N+](=O)[O-])c(OC2CCCCCC2)n1. The average molecular weight is 251 g/mol. The molecule has 1 heterocycles. The average Bonchev–Trinajstić information content (AvgIpc) is 2.57. The Bertz CT molecular complexity index is 429. The van der Waals surface area contributed by atoms with E-state index in [1.165, 1.54) is 25.0 Å². The molecule has 2 N–H and O–H groups in total. The zero-order chi connectivity index (χ0) is 13.0. The number of hydrogen-bond donors (Lipinski definition) is 1. The number of nitrogens with two attached hydrogens (primary N) is 1. The first kappa shape index (κ1) is 12.6. The summed E-state index contributed by atoms with van der Waals surface area (Å²) in [5.74, 6) is 0.288. The normalized spacial score (nSPS) is 17.1. The van der Waals surface area contributed by atoms with Gasteiger partial charge in [0.2, 0.25) is 0 Å². The Hall–Kier alpha value is -1.85. The second kappa shape index (κ2) is 5.66. The fraction of sp³-hybridized carbons (Fsp3) is 0.583. The topological polar surface area (TPSA) is 91.3 Å². The molecule has 98 valence electrons. The van der Waals surface area contributed by atoms with Gasteiger partial charge in [-0.15, -0.1) is 0 Å². The van der Waals surface area contributed by atoms with Crippen molar-refractivity contribution < 1.29 is 9.66 Å². The molecular weight excluding hydrogens is 234 g/mol. The van der Waals surface area contributed by atoms with Crippen molar-refractivity contribution in [3.8, 4) is 5.88 Å². The van der Waals surface area contributed by atoms with Crippen molar-refractivity contribution in [1.82, 2.24) is 4.98 Å². The molecule has 2 rings (SSSR count). The van der Waals surface area contributed by atoms with E-state index in [0.717, 1.165) is 25.7 Å². The molecule has 6 heteroatoms. The van der Waals surface area contributed by atoms with E-state index in [9.17, 15) is 10.1 Å². The van der Waals surface area contributed by atoms with Crippen molar-refractivity contribution in [3.05, 3.63) is 22.2 Å². The lowest BCUT2D eigenvalue weighted by atomic mass is 10.1. The summed E-state index contributed by atoms with van der Waals surface area (Å²) in [6.07, 6.45) is 6.46. The highest BCUT2D eigenvalue weighted by atomic mass is 16.6. The van der Waals surface area contributed by atoms with Gasteiger partial charge in [-0.25, -0.2) is 0 Å². The van der Waals surface area contributed by atoms with E-state index in [2.05, 4.69) is 4.98 Å². The molecule has 0 aliphatic heterocycles. The standard InChI is InChI=1S/C12H17N3O3/c13-11-8-7-10(15(16)17)12(14-11)18-9-5-3-1-2-4-6-9/h7-9H,1-6H2,(H2,13,14). The number of rotatable bonds is 3. The van der Waals surface area contributed by atoms with Crippen molar-refractivity contribution in [1.29, 1.82) is 0 Å². The third kappa shape index (κ3) is 3.09. The Labute approximate surface area is 105 Å². The van der Waals surface area contributed by atoms with Crippen LogP contribution in [0.4, 0.5) is 11.5 Å². The smallest absolute Gasteiger partial charge is 0.331 e. The van der Waals surface area contributed by atoms with Gasteiger partial charge in [0, 0.05) is 6.07 Å². The van der Waals surface area contributed by atoms with Crippen LogP contribution in [0.3, 0.4) is 0 Å². The summed E-state index contributed by atoms with van der Waals surface area (Å²) in [4.78, 5) is 14.3. The minimum absolute atomic E-state index is 0.0144. The Morgan fingerprint density at radius 3 is 2.56 bits per heavy atom. The maximum absolute atomic E-state index is 10.9. The maximum atomic E-state index is 10.9. The molecule has 0 spiro atoms. The minimum Gasteiger partial charge on any atom is -0.469 e. The summed E-state index contributed by atoms with van der Waals surface area (Å²) >= 11 is 0. The number of nitro groups is 1. The van der Waals surface area contributed by atoms with Crippen molar-refractivity contribution in [3.63, 3.8) is 0 Å². The van der Waals surface area contributed by atoms with Crippen LogP contribution in [0.2, 0.25) is 0 Å². The fourth-order valence-corrected chi connectivity index (χ4v) is 2.19. The quantitative estimate of drug-likeness (QED) is 0.506. The van der Waals surface area contributed by atoms with Crippen LogP contribution in [0.5, 0.6) is 5.88 Å². The number of pyridine rings is 1. The van der Waals surface area contributed by atoms with Gasteiger partial charge < -0.3 is 10.5 Å². The predicted octanol–water partition coefficient (Wildman–Crippen LogP) is 2.67. The molecule has 1 saturated carbocycles. The van der Waals surface area contributed by atoms with Gasteiger partial charge in [-0.3, -0.25) is 10.1 Å². The first-order valence-electron chi connectivity index (χ1n) is 6.24. The van der Waals surface area contributed by atoms with Crippen LogP contribution in [0.1, 0.15) is 38.5 Å². The van der Waals surface area contributed by atoms with Crippen LogP contribution in [-0.2, 0) is 0 Å². The molecule has 1 aromatic rings. The van der Waals surface area contributed by atoms with Crippen molar-refractivity contribution in [2.24, 2.45) is 0 Å². The van der Waals surface area contributed by atoms with Gasteiger partial charge in [0.25, 0.3) is 5.88 Å². The molecule has 0 bridgehead atoms. The van der Waals surface area contributed by atoms with Gasteiger partial charge in [0.15, 0.2) is 0 Å². The summed E-state index contributed by atoms with van der Waals surface area (Å²) in [6, 6.07) is 2.76. The van der Waals surface area contributed by atoms with Gasteiger partial charge in [-0.1, -0.05) is 12.8 Å². The molecule has 1 aromatic heterocycles. The van der Waals surface area contributed by atoms with Gasteiger partial charge in [-0.2, -0.15) is 4.98 Å². The largest absolute Gasteiger partial charge is 0.469 e. The first-order valence-corrected chi connectivity index (χ1v) is 6.24. The molecule has 1 aliphatic rings. The zero-order valence-corrected chi connectivity index (χ0v) is 10.2. The van der Waals surface area contributed by atoms with E-state index in [-0.39, 0.29) is 23.5 Å². The van der Waals surface area contributed by atoms with Gasteiger partial charge in [0.05, 0.1) is 4.92 Å². The first-order chi connectivity index (χ1) is 8.66. The number of nitrogen functional groups attached to an aromatic ring is 1. The molecule has 0 saturated heterocycles. The van der Waals surface area contributed by atoms with Crippen LogP contribution in [-0.4, -0.2) is 16.0 Å². The fourth-order valence-electron chi connectivity index (χ4n) is 2.19. The molecule has 0 amide bonds. The molecule has 1 fully saturated rings. The molecule has 0 unspecified atom stereocenters. The number of anilines is 1. The summed E-state index contributed by atoms with van der Waals surface area (Å²) in [7, 11) is 0. The van der Waals surface area contributed by atoms with Crippen molar-refractivity contribution in [2.45, 2.75) is 44.6 Å². The zero-order valence-electron chi connectivity index (χ0n) is 10.2. The Morgan fingerprint density at radius 1 is 1.28 bits per heavy atom. The van der Waals surface area contributed by atoms with Crippen molar-refractivity contribution in [2.75, 3.05) is 5.73 Å². The van der Waals surface area contributed by atoms with E-state index >= 15 is 0 Å². The lowest BCUT2D eigenvalue weighted by Gasteiger charge is -2.15. The Morgan fingerprint density at radius 2 is 1.94 bits per heavy atom. The summed E-state index contributed by atoms with van der Waals surface area (Å²) in [5.41, 5.74) is 5.43. The van der Waals surface area contributed by atoms with Crippen LogP contribution in [0.15, 0.2) is 12.1 Å². The van der Waals surface area contributed by atoms with E-state index in [1.807, 2.05) is 0 Å². The van der Waals surface area contributed by atoms with E-state index in [0.29, 0.717) is 0 Å². The second-order valence-corrected chi connectivity index (χ2v) is 4.55. The second-order valence-electron chi connectivity index (χ2n) is 4.55. The highest BCUT2D eigenvalue weighted by Crippen LogP contribution is 2.29. The number of hydrogen-bond acceptors (Lipinski definition) is 5. The van der Waals surface area contributed by atoms with Gasteiger partial charge in [-0.05, 0) is 31.7 Å². The monoisotopic (exact) mass is 251 g/mol. The molecule has 18 heavy (non-hydrogen) atoms.